The van der Waals surface area contributed by atoms with E-state index in [2.05, 4.69) is 32.3 Å². The van der Waals surface area contributed by atoms with Gasteiger partial charge in [0.15, 0.2) is 5.82 Å². The Kier molecular flexibility index (Phi) is 9.09. The number of halogens is 3. The Labute approximate surface area is 246 Å². The number of likely N-dealkylation sites (N-methyl/N-ethyl adjacent to an activating group) is 2. The maximum Gasteiger partial charge on any atom is 0.421 e. The van der Waals surface area contributed by atoms with Crippen LogP contribution in [0, 0.1) is 6.92 Å². The van der Waals surface area contributed by atoms with E-state index in [-0.39, 0.29) is 5.95 Å². The molecule has 0 bridgehead atoms. The maximum atomic E-state index is 14.1. The molecule has 2 aromatic carbocycles. The Morgan fingerprint density at radius 1 is 1.09 bits per heavy atom. The van der Waals surface area contributed by atoms with Crippen LogP contribution in [-0.4, -0.2) is 79.0 Å². The van der Waals surface area contributed by atoms with E-state index in [1.807, 2.05) is 30.9 Å². The molecule has 0 radical (unpaired) electrons. The number of carbonyl (C=O) groups excluding carboxylic acids is 1. The topological polar surface area (TPSA) is 110 Å². The lowest BCUT2D eigenvalue weighted by Gasteiger charge is -2.26. The third-order valence-corrected chi connectivity index (χ3v) is 6.65. The van der Waals surface area contributed by atoms with Crippen molar-refractivity contribution in [2.45, 2.75) is 13.1 Å². The number of amides is 1. The van der Waals surface area contributed by atoms with Crippen molar-refractivity contribution in [3.05, 3.63) is 60.4 Å². The first-order valence-corrected chi connectivity index (χ1v) is 13.1. The van der Waals surface area contributed by atoms with E-state index in [9.17, 15) is 18.0 Å². The van der Waals surface area contributed by atoms with Crippen LogP contribution in [0.15, 0.2) is 49.2 Å². The molecule has 0 aliphatic heterocycles. The minimum Gasteiger partial charge on any atom is -0.497 e. The highest BCUT2D eigenvalue weighted by molar-refractivity contribution is 6.02. The number of anilines is 4. The van der Waals surface area contributed by atoms with Gasteiger partial charge in [-0.25, -0.2) is 9.67 Å². The molecule has 1 amide bonds. The van der Waals surface area contributed by atoms with Gasteiger partial charge in [0.05, 0.1) is 42.5 Å². The zero-order chi connectivity index (χ0) is 31.5. The fraction of sp³-hybridized carbons (Fsp3) is 0.310. The smallest absolute Gasteiger partial charge is 0.421 e. The highest BCUT2D eigenvalue weighted by Gasteiger charge is 2.37. The quantitative estimate of drug-likeness (QED) is 0.230. The van der Waals surface area contributed by atoms with Crippen LogP contribution < -0.4 is 25.0 Å². The molecule has 0 unspecified atom stereocenters. The second-order valence-corrected chi connectivity index (χ2v) is 9.92. The summed E-state index contributed by atoms with van der Waals surface area (Å²) in [7, 11) is 8.72. The number of fused-ring (bicyclic) bond motifs is 1. The van der Waals surface area contributed by atoms with Crippen LogP contribution in [0.5, 0.6) is 11.5 Å². The zero-order valence-electron chi connectivity index (χ0n) is 24.7. The molecule has 0 saturated carbocycles. The van der Waals surface area contributed by atoms with Gasteiger partial charge in [-0.1, -0.05) is 6.58 Å². The summed E-state index contributed by atoms with van der Waals surface area (Å²) in [4.78, 5) is 24.4. The number of nitrogens with one attached hydrogen (secondary N) is 2. The number of aromatic nitrogens is 4. The standard InChI is InChI=1S/C29H33F3N8O3/c1-8-26(41)34-21-14-22(25(43-7)15-24(21)39(5)12-11-38(3)4)35-28-33-16-20(29(30,31)32)27(36-28)40-23-10-9-18(42-6)13-19(23)17(2)37-40/h8-10,13-16H,1,11-12H2,2-7H3,(H,34,41)(H,33,35,36). The number of hydrogen-bond acceptors (Lipinski definition) is 9. The van der Waals surface area contributed by atoms with Crippen molar-refractivity contribution in [2.24, 2.45) is 0 Å². The van der Waals surface area contributed by atoms with Gasteiger partial charge in [0.2, 0.25) is 11.9 Å². The van der Waals surface area contributed by atoms with Crippen molar-refractivity contribution in [1.82, 2.24) is 24.6 Å². The molecule has 0 fully saturated rings. The Hall–Kier alpha value is -4.85. The van der Waals surface area contributed by atoms with Crippen LogP contribution in [0.4, 0.5) is 36.2 Å². The summed E-state index contributed by atoms with van der Waals surface area (Å²) in [6.45, 7) is 6.58. The first-order valence-electron chi connectivity index (χ1n) is 13.1. The number of carbonyl (C=O) groups is 1. The van der Waals surface area contributed by atoms with Crippen molar-refractivity contribution in [3.63, 3.8) is 0 Å². The van der Waals surface area contributed by atoms with Gasteiger partial charge in [-0.2, -0.15) is 23.3 Å². The average Bonchev–Trinajstić information content (AvgIpc) is 3.30. The molecule has 14 heteroatoms. The molecule has 0 aliphatic rings. The van der Waals surface area contributed by atoms with Gasteiger partial charge in [0, 0.05) is 37.8 Å². The fourth-order valence-electron chi connectivity index (χ4n) is 4.36. The first-order chi connectivity index (χ1) is 20.4. The second kappa shape index (κ2) is 12.6. The predicted molar refractivity (Wildman–Crippen MR) is 160 cm³/mol. The first kappa shape index (κ1) is 31.1. The molecular formula is C29H33F3N8O3. The summed E-state index contributed by atoms with van der Waals surface area (Å²) in [6.07, 6.45) is -2.92. The molecular weight excluding hydrogens is 565 g/mol. The summed E-state index contributed by atoms with van der Waals surface area (Å²) in [5.74, 6) is -0.165. The Balaban J connectivity index is 1.82. The van der Waals surface area contributed by atoms with Crippen LogP contribution in [0.1, 0.15) is 11.3 Å². The van der Waals surface area contributed by atoms with Crippen molar-refractivity contribution in [3.8, 4) is 17.3 Å². The Morgan fingerprint density at radius 3 is 2.47 bits per heavy atom. The molecule has 11 nitrogen and oxygen atoms in total. The van der Waals surface area contributed by atoms with Gasteiger partial charge in [-0.3, -0.25) is 4.79 Å². The van der Waals surface area contributed by atoms with Crippen molar-refractivity contribution in [2.75, 3.05) is 64.0 Å². The molecule has 228 valence electrons. The zero-order valence-corrected chi connectivity index (χ0v) is 24.7. The molecule has 2 heterocycles. The van der Waals surface area contributed by atoms with Gasteiger partial charge in [-0.05, 0) is 51.4 Å². The number of methoxy groups -OCH3 is 2. The lowest BCUT2D eigenvalue weighted by molar-refractivity contribution is -0.138. The molecule has 0 saturated heterocycles. The van der Waals surface area contributed by atoms with Crippen molar-refractivity contribution in [1.29, 1.82) is 0 Å². The van der Waals surface area contributed by atoms with Crippen LogP contribution in [-0.2, 0) is 11.0 Å². The van der Waals surface area contributed by atoms with E-state index in [1.54, 1.807) is 37.3 Å². The predicted octanol–water partition coefficient (Wildman–Crippen LogP) is 5.03. The third-order valence-electron chi connectivity index (χ3n) is 6.65. The Bertz CT molecular complexity index is 1650. The van der Waals surface area contributed by atoms with Crippen LogP contribution in [0.25, 0.3) is 16.7 Å². The number of hydrogen-bond donors (Lipinski definition) is 2. The number of rotatable bonds is 11. The van der Waals surface area contributed by atoms with Gasteiger partial charge >= 0.3 is 6.18 Å². The van der Waals surface area contributed by atoms with Crippen LogP contribution in [0.2, 0.25) is 0 Å². The van der Waals surface area contributed by atoms with E-state index in [0.29, 0.717) is 57.9 Å². The number of nitrogens with zero attached hydrogens (tertiary/aromatic N) is 6. The van der Waals surface area contributed by atoms with Crippen LogP contribution in [0.3, 0.4) is 0 Å². The summed E-state index contributed by atoms with van der Waals surface area (Å²) in [6, 6.07) is 8.26. The van der Waals surface area contributed by atoms with E-state index < -0.39 is 23.5 Å². The number of ether oxygens (including phenoxy) is 2. The summed E-state index contributed by atoms with van der Waals surface area (Å²) in [5, 5.41) is 10.7. The number of benzene rings is 2. The lowest BCUT2D eigenvalue weighted by Crippen LogP contribution is -2.29. The summed E-state index contributed by atoms with van der Waals surface area (Å²) >= 11 is 0. The molecule has 2 aromatic heterocycles. The van der Waals surface area contributed by atoms with E-state index >= 15 is 0 Å². The third kappa shape index (κ3) is 6.80. The molecule has 43 heavy (non-hydrogen) atoms. The van der Waals surface area contributed by atoms with Crippen molar-refractivity contribution >= 4 is 39.8 Å². The van der Waals surface area contributed by atoms with E-state index in [0.717, 1.165) is 17.3 Å². The van der Waals surface area contributed by atoms with Gasteiger partial charge in [0.25, 0.3) is 0 Å². The SMILES string of the molecule is C=CC(=O)Nc1cc(Nc2ncc(C(F)(F)F)c(-n3nc(C)c4cc(OC)ccc43)n2)c(OC)cc1N(C)CCN(C)C. The minimum atomic E-state index is -4.76. The maximum absolute atomic E-state index is 14.1. The largest absolute Gasteiger partial charge is 0.497 e. The van der Waals surface area contributed by atoms with Crippen molar-refractivity contribution < 1.29 is 27.4 Å². The molecule has 4 aromatic rings. The number of alkyl halides is 3. The Morgan fingerprint density at radius 2 is 1.84 bits per heavy atom. The normalized spacial score (nSPS) is 11.5. The van der Waals surface area contributed by atoms with Crippen LogP contribution >= 0.6 is 0 Å². The summed E-state index contributed by atoms with van der Waals surface area (Å²) in [5.41, 5.74) is 1.22. The number of aryl methyl sites for hydroxylation is 1. The molecule has 0 atom stereocenters. The molecule has 0 spiro atoms. The van der Waals surface area contributed by atoms with Gasteiger partial charge in [0.1, 0.15) is 17.1 Å². The fourth-order valence-corrected chi connectivity index (χ4v) is 4.36. The highest BCUT2D eigenvalue weighted by atomic mass is 19.4. The molecule has 4 rings (SSSR count). The van der Waals surface area contributed by atoms with Gasteiger partial charge in [-0.15, -0.1) is 0 Å². The van der Waals surface area contributed by atoms with E-state index in [4.69, 9.17) is 9.47 Å². The summed E-state index contributed by atoms with van der Waals surface area (Å²) < 4.78 is 54.4. The van der Waals surface area contributed by atoms with E-state index in [1.165, 1.54) is 14.2 Å². The average molecular weight is 599 g/mol. The van der Waals surface area contributed by atoms with Gasteiger partial charge < -0.3 is 29.9 Å². The monoisotopic (exact) mass is 598 g/mol. The molecule has 0 aliphatic carbocycles. The second-order valence-electron chi connectivity index (χ2n) is 9.92. The lowest BCUT2D eigenvalue weighted by atomic mass is 10.2. The highest BCUT2D eigenvalue weighted by Crippen LogP contribution is 2.39. The minimum absolute atomic E-state index is 0.147. The molecule has 2 N–H and O–H groups in total.